The van der Waals surface area contributed by atoms with Gasteiger partial charge in [-0.05, 0) is 0 Å². The second kappa shape index (κ2) is 29.3. The zero-order valence-corrected chi connectivity index (χ0v) is 49.5. The van der Waals surface area contributed by atoms with Gasteiger partial charge < -0.3 is 88.6 Å². The SMILES string of the molecule is O=C(O)[C@H]1O[C@@H](O[C@H]2[C@H](OS(=O)(=O)O)[C@@H](NS(=O)(=O)O)C(O[C@H]3[C@H](O)[C@@H](OS(=O)(=O)O)[C@H](O[C@H]4[C@H](O)[C@@H](NS(=O)(=O)O)[C@@H](O)O[C@@H]4COS(=O)(=O)O)O[C@H]3C(=O)O)O[C@@H]2COS(=O)(=O)O)[C@H](O)[C@@H](O)[C@@H]1O[C@H]1O[C@H](COS(=O)(=O)O)[C@@H](O)[C@H](O)[C@H]1NS(=O)(=O)O. The van der Waals surface area contributed by atoms with E-state index in [1.807, 2.05) is 0 Å². The number of carboxylic acid groups (broad SMARTS) is 2. The van der Waals surface area contributed by atoms with E-state index in [2.05, 4.69) is 20.9 Å². The third-order valence-corrected chi connectivity index (χ3v) is 16.2. The molecule has 5 aliphatic rings. The van der Waals surface area contributed by atoms with Crippen LogP contribution in [0.1, 0.15) is 0 Å². The van der Waals surface area contributed by atoms with Crippen molar-refractivity contribution >= 4 is 94.8 Å². The lowest BCUT2D eigenvalue weighted by Crippen LogP contribution is -2.71. The van der Waals surface area contributed by atoms with Gasteiger partial charge in [0.15, 0.2) is 49.8 Å². The Morgan fingerprint density at radius 1 is 0.333 bits per heavy atom. The predicted octanol–water partition coefficient (Wildman–Crippen LogP) is -14.4. The number of carbonyl (C=O) groups is 2. The van der Waals surface area contributed by atoms with Crippen LogP contribution in [0.3, 0.4) is 0 Å². The normalized spacial score (nSPS) is 38.9. The van der Waals surface area contributed by atoms with E-state index in [0.29, 0.717) is 0 Å². The number of aliphatic hydroxyl groups is 7. The van der Waals surface area contributed by atoms with E-state index in [0.717, 1.165) is 4.72 Å². The molecule has 1 unspecified atom stereocenters. The van der Waals surface area contributed by atoms with Crippen molar-refractivity contribution in [1.82, 2.24) is 14.2 Å². The van der Waals surface area contributed by atoms with Crippen LogP contribution < -0.4 is 14.2 Å². The van der Waals surface area contributed by atoms with Gasteiger partial charge in [0, 0.05) is 0 Å². The van der Waals surface area contributed by atoms with E-state index in [9.17, 15) is 150 Å². The van der Waals surface area contributed by atoms with Gasteiger partial charge in [-0.25, -0.2) is 30.5 Å². The van der Waals surface area contributed by atoms with E-state index >= 15 is 0 Å². The van der Waals surface area contributed by atoms with Crippen LogP contribution in [0.4, 0.5) is 0 Å². The summed E-state index contributed by atoms with van der Waals surface area (Å²) in [6.07, 6.45) is -64.7. The molecule has 25 atom stereocenters. The smallest absolute Gasteiger partial charge is 0.397 e. The van der Waals surface area contributed by atoms with Crippen molar-refractivity contribution in [3.05, 3.63) is 0 Å². The molecule has 528 valence electrons. The summed E-state index contributed by atoms with van der Waals surface area (Å²) in [4.78, 5) is 25.7. The molecule has 0 aliphatic carbocycles. The fraction of sp³-hybridized carbons (Fsp3) is 0.933. The molecule has 5 saturated heterocycles. The molecular weight excluding hydrogens is 1440 g/mol. The Kier molecular flexibility index (Phi) is 25.4. The van der Waals surface area contributed by atoms with Crippen LogP contribution in [0.2, 0.25) is 0 Å². The van der Waals surface area contributed by atoms with Gasteiger partial charge in [0.25, 0.3) is 0 Å². The van der Waals surface area contributed by atoms with Gasteiger partial charge in [-0.2, -0.15) is 81.5 Å². The molecule has 20 N–H and O–H groups in total. The molecule has 90 heavy (non-hydrogen) atoms. The van der Waals surface area contributed by atoms with Crippen LogP contribution in [-0.2, 0) is 156 Å². The van der Waals surface area contributed by atoms with E-state index in [1.54, 1.807) is 0 Å². The summed E-state index contributed by atoms with van der Waals surface area (Å²) >= 11 is 0. The van der Waals surface area contributed by atoms with Crippen LogP contribution >= 0.6 is 0 Å². The third-order valence-electron chi connectivity index (χ3n) is 12.2. The molecule has 0 saturated carbocycles. The summed E-state index contributed by atoms with van der Waals surface area (Å²) in [5, 5.41) is 97.8. The van der Waals surface area contributed by atoms with Gasteiger partial charge in [0.2, 0.25) is 0 Å². The number of aliphatic carboxylic acids is 2. The quantitative estimate of drug-likeness (QED) is 0.0309. The minimum atomic E-state index is -6.36. The maximum atomic E-state index is 12.9. The van der Waals surface area contributed by atoms with Crippen LogP contribution in [-0.4, -0.2) is 335 Å². The monoisotopic (exact) mass is 1490 g/mol. The highest BCUT2D eigenvalue weighted by Crippen LogP contribution is 2.38. The van der Waals surface area contributed by atoms with Crippen molar-refractivity contribution in [2.45, 2.75) is 153 Å². The minimum absolute atomic E-state index is 1.09. The Balaban J connectivity index is 1.59. The average molecular weight is 1490 g/mol. The van der Waals surface area contributed by atoms with E-state index in [1.165, 1.54) is 9.44 Å². The summed E-state index contributed by atoms with van der Waals surface area (Å²) in [6, 6.07) is -8.42. The van der Waals surface area contributed by atoms with E-state index < -0.39 is 268 Å². The fourth-order valence-corrected chi connectivity index (χ4v) is 12.5. The highest BCUT2D eigenvalue weighted by Gasteiger charge is 2.61. The number of hydrogen-bond donors (Lipinski definition) is 20. The lowest BCUT2D eigenvalue weighted by atomic mass is 9.94. The summed E-state index contributed by atoms with van der Waals surface area (Å²) in [5.41, 5.74) is 0. The van der Waals surface area contributed by atoms with Crippen LogP contribution in [0, 0.1) is 0 Å². The highest BCUT2D eigenvalue weighted by atomic mass is 32.3. The number of carboxylic acids is 2. The molecule has 0 amide bonds. The molecule has 0 aromatic rings. The Labute approximate surface area is 502 Å². The van der Waals surface area contributed by atoms with Crippen molar-refractivity contribution in [1.29, 1.82) is 0 Å². The predicted molar refractivity (Wildman–Crippen MR) is 257 cm³/mol. The summed E-state index contributed by atoms with van der Waals surface area (Å²) in [7, 11) is -46.7. The van der Waals surface area contributed by atoms with Crippen molar-refractivity contribution in [2.75, 3.05) is 19.8 Å². The third kappa shape index (κ3) is 22.4. The van der Waals surface area contributed by atoms with Gasteiger partial charge in [-0.3, -0.25) is 36.4 Å². The molecular formula is C30H51N3O49S8. The number of ether oxygens (including phenoxy) is 9. The number of aliphatic hydroxyl groups excluding tert-OH is 7. The number of hydrogen-bond acceptors (Lipinski definition) is 39. The Morgan fingerprint density at radius 2 is 0.700 bits per heavy atom. The lowest BCUT2D eigenvalue weighted by molar-refractivity contribution is -0.372. The van der Waals surface area contributed by atoms with Gasteiger partial charge >= 0.3 is 94.8 Å². The topological polar surface area (TPSA) is 816 Å². The molecule has 5 heterocycles. The maximum absolute atomic E-state index is 12.9. The molecule has 0 bridgehead atoms. The highest BCUT2D eigenvalue weighted by molar-refractivity contribution is 7.84. The number of nitrogens with one attached hydrogen (secondary N) is 3. The Hall–Kier alpha value is -2.74. The van der Waals surface area contributed by atoms with E-state index in [4.69, 9.17) is 51.7 Å². The zero-order chi connectivity index (χ0) is 68.7. The van der Waals surface area contributed by atoms with E-state index in [-0.39, 0.29) is 0 Å². The van der Waals surface area contributed by atoms with Crippen molar-refractivity contribution in [2.24, 2.45) is 0 Å². The molecule has 0 aromatic carbocycles. The molecule has 5 rings (SSSR count). The van der Waals surface area contributed by atoms with Crippen molar-refractivity contribution < 1.29 is 223 Å². The summed E-state index contributed by atoms with van der Waals surface area (Å²) in [6.45, 7) is -5.16. The largest absolute Gasteiger partial charge is 0.479 e. The van der Waals surface area contributed by atoms with Gasteiger partial charge in [0.05, 0.1) is 19.8 Å². The molecule has 5 aliphatic heterocycles. The average Bonchev–Trinajstić information content (AvgIpc) is 0.774. The maximum Gasteiger partial charge on any atom is 0.397 e. The van der Waals surface area contributed by atoms with Crippen molar-refractivity contribution in [3.8, 4) is 0 Å². The molecule has 5 fully saturated rings. The Morgan fingerprint density at radius 3 is 1.14 bits per heavy atom. The van der Waals surface area contributed by atoms with Crippen LogP contribution in [0.25, 0.3) is 0 Å². The van der Waals surface area contributed by atoms with Crippen molar-refractivity contribution in [3.63, 3.8) is 0 Å². The first kappa shape index (κ1) is 78.0. The molecule has 0 spiro atoms. The molecule has 0 radical (unpaired) electrons. The minimum Gasteiger partial charge on any atom is -0.479 e. The van der Waals surface area contributed by atoms with Crippen LogP contribution in [0.5, 0.6) is 0 Å². The van der Waals surface area contributed by atoms with Gasteiger partial charge in [-0.15, -0.1) is 0 Å². The number of rotatable bonds is 29. The standard InChI is InChI=1S/C30H51N3O49S8/c34-10-4(1-69-86(54,55)56)73-27(8(11(10)35)32-84(48,49)50)77-19-13(37)14(38)29(79-22(19)24(40)41)76-17-6(3-71-88(60,61)62)74-28(9(33-85(51,52)53)18(17)81-89(63,64)65)78-20-15(39)21(82-90(66,67)68)30(80-23(20)25(42)43)75-16-5(2-70-87(57,58)59)72-26(44)7(12(16)36)31-83(45,46)47/h4-23,26-39,44H,1-3H2,(H,40,41)(H,42,43)(H,45,46,47)(H,48,49,50)(H,51,52,53)(H,54,55,56)(H,57,58,59)(H,60,61,62)(H,63,64,65)(H,66,67,68)/t4-,5-,6-,7-,8-,9-,10-,11-,12-,13-,14-,15+,16-,17-,18-,19+,20+,21-,22+,23-,26+,27-,28?,29-,30-/m1/s1. The second-order valence-electron chi connectivity index (χ2n) is 18.5. The summed E-state index contributed by atoms with van der Waals surface area (Å²) < 4.78 is 339. The lowest BCUT2D eigenvalue weighted by Gasteiger charge is -2.50. The summed E-state index contributed by atoms with van der Waals surface area (Å²) in [5.74, 6) is -4.94. The molecule has 52 nitrogen and oxygen atoms in total. The first-order chi connectivity index (χ1) is 40.6. The first-order valence-corrected chi connectivity index (χ1v) is 34.3. The molecule has 60 heteroatoms. The first-order valence-electron chi connectivity index (χ1n) is 23.2. The zero-order valence-electron chi connectivity index (χ0n) is 43.0. The van der Waals surface area contributed by atoms with Gasteiger partial charge in [-0.1, -0.05) is 0 Å². The van der Waals surface area contributed by atoms with Gasteiger partial charge in [0.1, 0.15) is 104 Å². The Bertz CT molecular complexity index is 3470. The van der Waals surface area contributed by atoms with Crippen LogP contribution in [0.15, 0.2) is 0 Å². The molecule has 0 aromatic heterocycles. The fourth-order valence-electron chi connectivity index (χ4n) is 8.80. The second-order valence-corrected chi connectivity index (χ2v) is 27.4.